The molecular weight excluding hydrogens is 170 g/mol. The van der Waals surface area contributed by atoms with Gasteiger partial charge in [-0.2, -0.15) is 0 Å². The highest BCUT2D eigenvalue weighted by Crippen LogP contribution is 2.16. The molecule has 0 heterocycles. The monoisotopic (exact) mass is 203 g/mol. The van der Waals surface area contributed by atoms with Crippen molar-refractivity contribution >= 4 is 0 Å². The van der Waals surface area contributed by atoms with Gasteiger partial charge in [-0.15, -0.1) is 0 Å². The van der Waals surface area contributed by atoms with Gasteiger partial charge >= 0.3 is 0 Å². The zero-order valence-corrected chi connectivity index (χ0v) is 11.6. The van der Waals surface area contributed by atoms with E-state index in [4.69, 9.17) is 0 Å². The van der Waals surface area contributed by atoms with Crippen LogP contribution in [0.25, 0.3) is 0 Å². The van der Waals surface area contributed by atoms with Crippen LogP contribution in [0.15, 0.2) is 0 Å². The van der Waals surface area contributed by atoms with Crippen molar-refractivity contribution in [1.82, 2.24) is 5.32 Å². The lowest BCUT2D eigenvalue weighted by atomic mass is 9.96. The first kappa shape index (κ1) is 19.5. The Morgan fingerprint density at radius 3 is 1.29 bits per heavy atom. The molecule has 0 aromatic rings. The average Bonchev–Trinajstić information content (AvgIpc) is 2.37. The lowest BCUT2D eigenvalue weighted by molar-refractivity contribution is 0.394. The second kappa shape index (κ2) is 23.1. The van der Waals surface area contributed by atoms with Gasteiger partial charge in [-0.25, -0.2) is 0 Å². The molecule has 1 aliphatic rings. The molecule has 0 aromatic heterocycles. The molecule has 1 N–H and O–H groups in total. The maximum Gasteiger partial charge on any atom is 0.00640 e. The van der Waals surface area contributed by atoms with Gasteiger partial charge in [0.25, 0.3) is 0 Å². The molecule has 1 saturated carbocycles. The standard InChI is InChI=1S/C7H15N.3C2H6/c1-8-7-5-3-2-4-6-7;3*1-2/h7-8H,2-6H2,1H3;3*1-2H3. The number of hydrogen-bond acceptors (Lipinski definition) is 1. The van der Waals surface area contributed by atoms with Crippen LogP contribution in [0.5, 0.6) is 0 Å². The van der Waals surface area contributed by atoms with E-state index in [1.165, 1.54) is 32.1 Å². The van der Waals surface area contributed by atoms with Crippen LogP contribution in [0.2, 0.25) is 0 Å². The van der Waals surface area contributed by atoms with Crippen molar-refractivity contribution < 1.29 is 0 Å². The predicted octanol–water partition coefficient (Wildman–Crippen LogP) is 4.62. The summed E-state index contributed by atoms with van der Waals surface area (Å²) in [6, 6.07) is 0.837. The lowest BCUT2D eigenvalue weighted by Gasteiger charge is -2.20. The summed E-state index contributed by atoms with van der Waals surface area (Å²) in [5.74, 6) is 0. The first-order chi connectivity index (χ1) is 6.93. The van der Waals surface area contributed by atoms with Crippen molar-refractivity contribution in [3.63, 3.8) is 0 Å². The summed E-state index contributed by atoms with van der Waals surface area (Å²) in [5.41, 5.74) is 0. The molecule has 1 aliphatic carbocycles. The van der Waals surface area contributed by atoms with E-state index in [0.29, 0.717) is 0 Å². The fourth-order valence-electron chi connectivity index (χ4n) is 1.39. The van der Waals surface area contributed by atoms with E-state index in [2.05, 4.69) is 12.4 Å². The van der Waals surface area contributed by atoms with Gasteiger partial charge in [-0.1, -0.05) is 60.8 Å². The van der Waals surface area contributed by atoms with Crippen LogP contribution >= 0.6 is 0 Å². The second-order valence-electron chi connectivity index (χ2n) is 2.62. The van der Waals surface area contributed by atoms with Crippen molar-refractivity contribution in [3.8, 4) is 0 Å². The minimum atomic E-state index is 0.837. The highest BCUT2D eigenvalue weighted by atomic mass is 14.9. The van der Waals surface area contributed by atoms with Crippen molar-refractivity contribution in [2.75, 3.05) is 7.05 Å². The molecule has 0 radical (unpaired) electrons. The van der Waals surface area contributed by atoms with Crippen molar-refractivity contribution in [1.29, 1.82) is 0 Å². The predicted molar refractivity (Wildman–Crippen MR) is 70.0 cm³/mol. The van der Waals surface area contributed by atoms with Crippen LogP contribution in [-0.2, 0) is 0 Å². The molecule has 0 aromatic carbocycles. The molecule has 0 spiro atoms. The lowest BCUT2D eigenvalue weighted by Crippen LogP contribution is -2.26. The van der Waals surface area contributed by atoms with Gasteiger partial charge in [0.05, 0.1) is 0 Å². The van der Waals surface area contributed by atoms with Gasteiger partial charge in [0, 0.05) is 6.04 Å². The summed E-state index contributed by atoms with van der Waals surface area (Å²) < 4.78 is 0. The number of rotatable bonds is 1. The fraction of sp³-hybridized carbons (Fsp3) is 1.00. The molecule has 0 atom stereocenters. The van der Waals surface area contributed by atoms with Crippen LogP contribution < -0.4 is 5.32 Å². The molecule has 1 nitrogen and oxygen atoms in total. The summed E-state index contributed by atoms with van der Waals surface area (Å²) in [4.78, 5) is 0. The largest absolute Gasteiger partial charge is 0.317 e. The van der Waals surface area contributed by atoms with E-state index in [0.717, 1.165) is 6.04 Å². The van der Waals surface area contributed by atoms with Gasteiger partial charge in [0.2, 0.25) is 0 Å². The van der Waals surface area contributed by atoms with Crippen molar-refractivity contribution in [2.24, 2.45) is 0 Å². The highest BCUT2D eigenvalue weighted by Gasteiger charge is 2.09. The number of nitrogens with one attached hydrogen (secondary N) is 1. The Morgan fingerprint density at radius 1 is 0.714 bits per heavy atom. The van der Waals surface area contributed by atoms with Gasteiger partial charge in [-0.05, 0) is 19.9 Å². The maximum absolute atomic E-state index is 3.30. The molecule has 1 rings (SSSR count). The van der Waals surface area contributed by atoms with Crippen LogP contribution in [-0.4, -0.2) is 13.1 Å². The molecule has 14 heavy (non-hydrogen) atoms. The summed E-state index contributed by atoms with van der Waals surface area (Å²) >= 11 is 0. The molecular formula is C13H33N. The van der Waals surface area contributed by atoms with E-state index >= 15 is 0 Å². The summed E-state index contributed by atoms with van der Waals surface area (Å²) in [6.07, 6.45) is 7.13. The third-order valence-electron chi connectivity index (χ3n) is 2.01. The Kier molecular flexibility index (Phi) is 32.2. The topological polar surface area (TPSA) is 12.0 Å². The Labute approximate surface area is 92.7 Å². The summed E-state index contributed by atoms with van der Waals surface area (Å²) in [7, 11) is 2.07. The van der Waals surface area contributed by atoms with Crippen LogP contribution in [0, 0.1) is 0 Å². The molecule has 1 heteroatoms. The third-order valence-corrected chi connectivity index (χ3v) is 2.01. The smallest absolute Gasteiger partial charge is 0.00640 e. The first-order valence-corrected chi connectivity index (χ1v) is 6.61. The number of hydrogen-bond donors (Lipinski definition) is 1. The molecule has 90 valence electrons. The maximum atomic E-state index is 3.30. The first-order valence-electron chi connectivity index (χ1n) is 6.61. The van der Waals surface area contributed by atoms with Crippen LogP contribution in [0.3, 0.4) is 0 Å². The van der Waals surface area contributed by atoms with E-state index in [1.807, 2.05) is 41.5 Å². The van der Waals surface area contributed by atoms with E-state index in [1.54, 1.807) is 0 Å². The third kappa shape index (κ3) is 14.5. The quantitative estimate of drug-likeness (QED) is 0.656. The Bertz CT molecular complexity index is 56.3. The van der Waals surface area contributed by atoms with Crippen LogP contribution in [0.1, 0.15) is 73.6 Å². The molecule has 0 aliphatic heterocycles. The normalized spacial score (nSPS) is 14.8. The summed E-state index contributed by atoms with van der Waals surface area (Å²) in [6.45, 7) is 12.0. The van der Waals surface area contributed by atoms with E-state index < -0.39 is 0 Å². The van der Waals surface area contributed by atoms with Crippen molar-refractivity contribution in [3.05, 3.63) is 0 Å². The summed E-state index contributed by atoms with van der Waals surface area (Å²) in [5, 5.41) is 3.30. The molecule has 0 bridgehead atoms. The molecule has 0 saturated heterocycles. The fourth-order valence-corrected chi connectivity index (χ4v) is 1.39. The van der Waals surface area contributed by atoms with E-state index in [9.17, 15) is 0 Å². The van der Waals surface area contributed by atoms with E-state index in [-0.39, 0.29) is 0 Å². The second-order valence-corrected chi connectivity index (χ2v) is 2.62. The van der Waals surface area contributed by atoms with Gasteiger partial charge < -0.3 is 5.32 Å². The zero-order valence-electron chi connectivity index (χ0n) is 11.6. The van der Waals surface area contributed by atoms with Gasteiger partial charge in [0.1, 0.15) is 0 Å². The Morgan fingerprint density at radius 2 is 1.07 bits per heavy atom. The molecule has 0 amide bonds. The van der Waals surface area contributed by atoms with Crippen LogP contribution in [0.4, 0.5) is 0 Å². The average molecular weight is 203 g/mol. The highest BCUT2D eigenvalue weighted by molar-refractivity contribution is 4.68. The Hall–Kier alpha value is -0.0400. The minimum Gasteiger partial charge on any atom is -0.317 e. The minimum absolute atomic E-state index is 0.837. The van der Waals surface area contributed by atoms with Gasteiger partial charge in [0.15, 0.2) is 0 Å². The van der Waals surface area contributed by atoms with Crippen molar-refractivity contribution in [2.45, 2.75) is 79.7 Å². The Balaban J connectivity index is -0.000000174. The molecule has 1 fully saturated rings. The van der Waals surface area contributed by atoms with Gasteiger partial charge in [-0.3, -0.25) is 0 Å². The SMILES string of the molecule is CC.CC.CC.CNC1CCCCC1. The zero-order chi connectivity index (χ0) is 11.8. The molecule has 0 unspecified atom stereocenters.